The number of carbonyl (C=O) groups excluding carboxylic acids is 1. The van der Waals surface area contributed by atoms with Crippen LogP contribution in [0.1, 0.15) is 25.3 Å². The highest BCUT2D eigenvalue weighted by Crippen LogP contribution is 2.24. The van der Waals surface area contributed by atoms with Crippen LogP contribution in [0, 0.1) is 11.8 Å². The average Bonchev–Trinajstić information content (AvgIpc) is 3.10. The van der Waals surface area contributed by atoms with Crippen molar-refractivity contribution in [1.82, 2.24) is 15.2 Å². The zero-order chi connectivity index (χ0) is 18.6. The standard InChI is InChI=1S/C22H29N3O2/c1-16-7-10-25(11-8-16)13-22(26)24-21-15-27-14-18(21)12-17-6-9-23-20-5-3-2-4-19(17)20/h2-6,9,16,18,21H,7-8,10-15H2,1H3,(H,24,26)/t18-,21+/m1/s1. The molecule has 2 aromatic rings. The predicted octanol–water partition coefficient (Wildman–Crippen LogP) is 2.64. The van der Waals surface area contributed by atoms with Gasteiger partial charge in [0, 0.05) is 17.5 Å². The van der Waals surface area contributed by atoms with Gasteiger partial charge in [-0.1, -0.05) is 25.1 Å². The van der Waals surface area contributed by atoms with Gasteiger partial charge in [0.2, 0.25) is 5.91 Å². The summed E-state index contributed by atoms with van der Waals surface area (Å²) in [7, 11) is 0. The van der Waals surface area contributed by atoms with Crippen LogP contribution in [-0.4, -0.2) is 54.7 Å². The number of hydrogen-bond acceptors (Lipinski definition) is 4. The number of fused-ring (bicyclic) bond motifs is 1. The Kier molecular flexibility index (Phi) is 5.69. The van der Waals surface area contributed by atoms with Crippen LogP contribution in [0.3, 0.4) is 0 Å². The van der Waals surface area contributed by atoms with Gasteiger partial charge in [0.25, 0.3) is 0 Å². The molecule has 1 aromatic carbocycles. The fourth-order valence-corrected chi connectivity index (χ4v) is 4.25. The van der Waals surface area contributed by atoms with Crippen molar-refractivity contribution >= 4 is 16.8 Å². The second kappa shape index (κ2) is 8.36. The van der Waals surface area contributed by atoms with Crippen LogP contribution in [0.15, 0.2) is 36.5 Å². The van der Waals surface area contributed by atoms with E-state index in [9.17, 15) is 4.79 Å². The Morgan fingerprint density at radius 1 is 1.22 bits per heavy atom. The molecular weight excluding hydrogens is 338 g/mol. The van der Waals surface area contributed by atoms with Gasteiger partial charge in [0.1, 0.15) is 0 Å². The minimum absolute atomic E-state index is 0.0909. The molecule has 0 saturated carbocycles. The van der Waals surface area contributed by atoms with Gasteiger partial charge < -0.3 is 10.1 Å². The van der Waals surface area contributed by atoms with Crippen LogP contribution in [0.5, 0.6) is 0 Å². The Labute approximate surface area is 161 Å². The number of nitrogens with zero attached hydrogens (tertiary/aromatic N) is 2. The Morgan fingerprint density at radius 3 is 2.89 bits per heavy atom. The van der Waals surface area contributed by atoms with Gasteiger partial charge in [-0.05, 0) is 56.0 Å². The van der Waals surface area contributed by atoms with E-state index in [1.54, 1.807) is 0 Å². The van der Waals surface area contributed by atoms with Gasteiger partial charge in [-0.2, -0.15) is 0 Å². The molecule has 5 heteroatoms. The summed E-state index contributed by atoms with van der Waals surface area (Å²) in [4.78, 5) is 19.3. The van der Waals surface area contributed by atoms with Gasteiger partial charge in [-0.25, -0.2) is 0 Å². The molecule has 144 valence electrons. The van der Waals surface area contributed by atoms with Crippen LogP contribution in [-0.2, 0) is 16.0 Å². The van der Waals surface area contributed by atoms with Crippen LogP contribution in [0.2, 0.25) is 0 Å². The summed E-state index contributed by atoms with van der Waals surface area (Å²) < 4.78 is 5.71. The van der Waals surface area contributed by atoms with Crippen molar-refractivity contribution in [2.24, 2.45) is 11.8 Å². The molecule has 2 aliphatic heterocycles. The topological polar surface area (TPSA) is 54.5 Å². The van der Waals surface area contributed by atoms with Crippen LogP contribution in [0.4, 0.5) is 0 Å². The van der Waals surface area contributed by atoms with E-state index in [0.29, 0.717) is 25.7 Å². The number of aromatic nitrogens is 1. The minimum Gasteiger partial charge on any atom is -0.379 e. The lowest BCUT2D eigenvalue weighted by molar-refractivity contribution is -0.123. The van der Waals surface area contributed by atoms with Crippen LogP contribution >= 0.6 is 0 Å². The Morgan fingerprint density at radius 2 is 2.04 bits per heavy atom. The zero-order valence-corrected chi connectivity index (χ0v) is 16.1. The lowest BCUT2D eigenvalue weighted by Gasteiger charge is -2.30. The smallest absolute Gasteiger partial charge is 0.234 e. The lowest BCUT2D eigenvalue weighted by Crippen LogP contribution is -2.47. The molecule has 0 spiro atoms. The highest BCUT2D eigenvalue weighted by molar-refractivity contribution is 5.82. The molecule has 2 fully saturated rings. The van der Waals surface area contributed by atoms with E-state index >= 15 is 0 Å². The highest BCUT2D eigenvalue weighted by Gasteiger charge is 2.30. The third kappa shape index (κ3) is 4.47. The van der Waals surface area contributed by atoms with Crippen molar-refractivity contribution in [3.63, 3.8) is 0 Å². The molecule has 27 heavy (non-hydrogen) atoms. The molecule has 2 saturated heterocycles. The van der Waals surface area contributed by atoms with E-state index < -0.39 is 0 Å². The summed E-state index contributed by atoms with van der Waals surface area (Å²) in [5.74, 6) is 1.22. The lowest BCUT2D eigenvalue weighted by atomic mass is 9.93. The third-order valence-electron chi connectivity index (χ3n) is 6.01. The van der Waals surface area contributed by atoms with E-state index in [-0.39, 0.29) is 11.9 Å². The number of amides is 1. The van der Waals surface area contributed by atoms with E-state index in [1.807, 2.05) is 18.3 Å². The molecule has 4 rings (SSSR count). The molecule has 1 amide bonds. The first-order valence-electron chi connectivity index (χ1n) is 10.1. The van der Waals surface area contributed by atoms with E-state index in [4.69, 9.17) is 4.74 Å². The van der Waals surface area contributed by atoms with Crippen molar-refractivity contribution in [2.45, 2.75) is 32.2 Å². The maximum absolute atomic E-state index is 12.5. The Bertz CT molecular complexity index is 781. The molecule has 0 bridgehead atoms. The summed E-state index contributed by atoms with van der Waals surface area (Å²) in [5.41, 5.74) is 2.30. The molecule has 5 nitrogen and oxygen atoms in total. The summed E-state index contributed by atoms with van der Waals surface area (Å²) >= 11 is 0. The molecule has 3 heterocycles. The van der Waals surface area contributed by atoms with Crippen molar-refractivity contribution < 1.29 is 9.53 Å². The molecule has 2 aliphatic rings. The first kappa shape index (κ1) is 18.4. The molecule has 1 aromatic heterocycles. The normalized spacial score (nSPS) is 24.3. The third-order valence-corrected chi connectivity index (χ3v) is 6.01. The molecule has 0 aliphatic carbocycles. The Balaban J connectivity index is 1.36. The van der Waals surface area contributed by atoms with Crippen molar-refractivity contribution in [1.29, 1.82) is 0 Å². The molecule has 1 N–H and O–H groups in total. The maximum atomic E-state index is 12.5. The molecule has 0 unspecified atom stereocenters. The number of carbonyl (C=O) groups is 1. The van der Waals surface area contributed by atoms with Gasteiger partial charge >= 0.3 is 0 Å². The minimum atomic E-state index is 0.0909. The van der Waals surface area contributed by atoms with Gasteiger partial charge in [0.05, 0.1) is 31.3 Å². The zero-order valence-electron chi connectivity index (χ0n) is 16.1. The SMILES string of the molecule is CC1CCN(CC(=O)N[C@H]2COC[C@H]2Cc2ccnc3ccccc23)CC1. The fraction of sp³-hybridized carbons (Fsp3) is 0.545. The van der Waals surface area contributed by atoms with Gasteiger partial charge in [0.15, 0.2) is 0 Å². The average molecular weight is 367 g/mol. The molecular formula is C22H29N3O2. The van der Waals surface area contributed by atoms with Gasteiger partial charge in [-0.15, -0.1) is 0 Å². The monoisotopic (exact) mass is 367 g/mol. The quantitative estimate of drug-likeness (QED) is 0.883. The van der Waals surface area contributed by atoms with Crippen molar-refractivity contribution in [3.05, 3.63) is 42.1 Å². The number of nitrogens with one attached hydrogen (secondary N) is 1. The van der Waals surface area contributed by atoms with E-state index in [1.165, 1.54) is 23.8 Å². The largest absolute Gasteiger partial charge is 0.379 e. The summed E-state index contributed by atoms with van der Waals surface area (Å²) in [6, 6.07) is 10.4. The predicted molar refractivity (Wildman–Crippen MR) is 107 cm³/mol. The number of likely N-dealkylation sites (tertiary alicyclic amines) is 1. The van der Waals surface area contributed by atoms with Crippen molar-refractivity contribution in [2.75, 3.05) is 32.8 Å². The molecule has 2 atom stereocenters. The number of ether oxygens (including phenoxy) is 1. The van der Waals surface area contributed by atoms with E-state index in [0.717, 1.165) is 30.9 Å². The van der Waals surface area contributed by atoms with Crippen LogP contribution in [0.25, 0.3) is 10.9 Å². The summed E-state index contributed by atoms with van der Waals surface area (Å²) in [5, 5.41) is 4.43. The summed E-state index contributed by atoms with van der Waals surface area (Å²) in [6.07, 6.45) is 5.16. The second-order valence-corrected chi connectivity index (χ2v) is 8.12. The number of hydrogen-bond donors (Lipinski definition) is 1. The molecule has 0 radical (unpaired) electrons. The number of para-hydroxylation sites is 1. The fourth-order valence-electron chi connectivity index (χ4n) is 4.25. The Hall–Kier alpha value is -1.98. The highest BCUT2D eigenvalue weighted by atomic mass is 16.5. The first-order chi connectivity index (χ1) is 13.2. The number of rotatable bonds is 5. The number of piperidine rings is 1. The van der Waals surface area contributed by atoms with Crippen LogP contribution < -0.4 is 5.32 Å². The van der Waals surface area contributed by atoms with Crippen molar-refractivity contribution in [3.8, 4) is 0 Å². The van der Waals surface area contributed by atoms with Gasteiger partial charge in [-0.3, -0.25) is 14.7 Å². The first-order valence-corrected chi connectivity index (χ1v) is 10.1. The van der Waals surface area contributed by atoms with E-state index in [2.05, 4.69) is 40.3 Å². The summed E-state index contributed by atoms with van der Waals surface area (Å²) in [6.45, 7) is 6.17. The number of pyridine rings is 1. The maximum Gasteiger partial charge on any atom is 0.234 e. The second-order valence-electron chi connectivity index (χ2n) is 8.12. The number of benzene rings is 1.